The maximum Gasteiger partial charge on any atom is 0.0726 e. The van der Waals surface area contributed by atoms with E-state index in [4.69, 9.17) is 10.7 Å². The van der Waals surface area contributed by atoms with Crippen LogP contribution in [0.2, 0.25) is 0 Å². The van der Waals surface area contributed by atoms with Crippen molar-refractivity contribution >= 4 is 16.6 Å². The molecule has 1 aliphatic carbocycles. The Morgan fingerprint density at radius 1 is 1.18 bits per heavy atom. The van der Waals surface area contributed by atoms with Gasteiger partial charge in [-0.2, -0.15) is 0 Å². The number of rotatable bonds is 1. The Morgan fingerprint density at radius 2 is 2.05 bits per heavy atom. The Balaban J connectivity index is 1.95. The summed E-state index contributed by atoms with van der Waals surface area (Å²) in [5.41, 5.74) is 13.2. The van der Waals surface area contributed by atoms with E-state index in [1.54, 1.807) is 0 Å². The van der Waals surface area contributed by atoms with Crippen LogP contribution in [0.25, 0.3) is 10.9 Å². The first-order valence-corrected chi connectivity index (χ1v) is 7.83. The molecule has 2 heterocycles. The van der Waals surface area contributed by atoms with Gasteiger partial charge in [-0.25, -0.2) is 0 Å². The number of hydrogen-bond donors (Lipinski definition) is 1. The summed E-state index contributed by atoms with van der Waals surface area (Å²) in [7, 11) is 0. The number of fused-ring (bicyclic) bond motifs is 2. The average Bonchev–Trinajstić information content (AvgIpc) is 2.54. The van der Waals surface area contributed by atoms with E-state index < -0.39 is 0 Å². The fourth-order valence-electron chi connectivity index (χ4n) is 3.62. The SMILES string of the molecule is Cc1cc(C2CCCc3nc4ccccc4c(N)c32)ccn1. The summed E-state index contributed by atoms with van der Waals surface area (Å²) in [6.45, 7) is 2.04. The number of aryl methyl sites for hydroxylation is 2. The average molecular weight is 289 g/mol. The monoisotopic (exact) mass is 289 g/mol. The van der Waals surface area contributed by atoms with Crippen molar-refractivity contribution in [3.63, 3.8) is 0 Å². The standard InChI is InChI=1S/C19H19N3/c1-12-11-13(9-10-21-12)14-6-4-8-17-18(14)19(20)15-5-2-3-7-16(15)22-17/h2-3,5,7,9-11,14H,4,6,8H2,1H3,(H2,20,22). The van der Waals surface area contributed by atoms with Crippen molar-refractivity contribution in [3.8, 4) is 0 Å². The molecule has 4 rings (SSSR count). The molecule has 2 N–H and O–H groups in total. The van der Waals surface area contributed by atoms with Crippen LogP contribution in [0, 0.1) is 6.92 Å². The molecule has 3 aromatic rings. The number of anilines is 1. The highest BCUT2D eigenvalue weighted by Crippen LogP contribution is 2.41. The zero-order valence-electron chi connectivity index (χ0n) is 12.7. The highest BCUT2D eigenvalue weighted by Gasteiger charge is 2.26. The smallest absolute Gasteiger partial charge is 0.0726 e. The lowest BCUT2D eigenvalue weighted by Gasteiger charge is -2.27. The van der Waals surface area contributed by atoms with Gasteiger partial charge < -0.3 is 5.73 Å². The molecule has 1 aliphatic rings. The van der Waals surface area contributed by atoms with Crippen LogP contribution in [0.5, 0.6) is 0 Å². The molecule has 0 aliphatic heterocycles. The molecule has 2 aromatic heterocycles. The number of pyridine rings is 2. The molecule has 0 bridgehead atoms. The van der Waals surface area contributed by atoms with Crippen molar-refractivity contribution in [2.24, 2.45) is 0 Å². The number of nitrogens with zero attached hydrogens (tertiary/aromatic N) is 2. The van der Waals surface area contributed by atoms with Crippen molar-refractivity contribution in [2.45, 2.75) is 32.1 Å². The third kappa shape index (κ3) is 2.05. The van der Waals surface area contributed by atoms with Gasteiger partial charge in [0.15, 0.2) is 0 Å². The fourth-order valence-corrected chi connectivity index (χ4v) is 3.62. The Bertz CT molecular complexity index is 854. The molecule has 0 amide bonds. The Kier molecular flexibility index (Phi) is 3.07. The van der Waals surface area contributed by atoms with Crippen molar-refractivity contribution in [1.29, 1.82) is 0 Å². The zero-order valence-corrected chi connectivity index (χ0v) is 12.7. The molecule has 0 saturated carbocycles. The van der Waals surface area contributed by atoms with E-state index in [-0.39, 0.29) is 0 Å². The molecule has 0 spiro atoms. The summed E-state index contributed by atoms with van der Waals surface area (Å²) in [5, 5.41) is 1.07. The van der Waals surface area contributed by atoms with Crippen LogP contribution >= 0.6 is 0 Å². The summed E-state index contributed by atoms with van der Waals surface area (Å²) in [6.07, 6.45) is 5.19. The molecule has 1 aromatic carbocycles. The quantitative estimate of drug-likeness (QED) is 0.737. The lowest BCUT2D eigenvalue weighted by molar-refractivity contribution is 0.606. The van der Waals surface area contributed by atoms with Gasteiger partial charge >= 0.3 is 0 Å². The first kappa shape index (κ1) is 13.3. The van der Waals surface area contributed by atoms with E-state index in [2.05, 4.69) is 23.2 Å². The van der Waals surface area contributed by atoms with Gasteiger partial charge in [-0.1, -0.05) is 18.2 Å². The number of benzene rings is 1. The van der Waals surface area contributed by atoms with Crippen molar-refractivity contribution in [1.82, 2.24) is 9.97 Å². The number of nitrogens with two attached hydrogens (primary N) is 1. The second-order valence-electron chi connectivity index (χ2n) is 6.08. The van der Waals surface area contributed by atoms with E-state index in [0.717, 1.165) is 41.5 Å². The van der Waals surface area contributed by atoms with Gasteiger partial charge in [0.05, 0.1) is 5.52 Å². The first-order valence-electron chi connectivity index (χ1n) is 7.83. The van der Waals surface area contributed by atoms with Gasteiger partial charge in [0, 0.05) is 40.1 Å². The third-order valence-corrected chi connectivity index (χ3v) is 4.63. The second-order valence-corrected chi connectivity index (χ2v) is 6.08. The van der Waals surface area contributed by atoms with Gasteiger partial charge in [-0.05, 0) is 49.9 Å². The number of para-hydroxylation sites is 1. The molecule has 0 saturated heterocycles. The normalized spacial score (nSPS) is 17.4. The van der Waals surface area contributed by atoms with Crippen LogP contribution < -0.4 is 5.73 Å². The van der Waals surface area contributed by atoms with E-state index >= 15 is 0 Å². The van der Waals surface area contributed by atoms with Gasteiger partial charge in [0.25, 0.3) is 0 Å². The van der Waals surface area contributed by atoms with Crippen LogP contribution in [0.1, 0.15) is 41.3 Å². The molecule has 0 fully saturated rings. The first-order chi connectivity index (χ1) is 10.7. The summed E-state index contributed by atoms with van der Waals surface area (Å²) >= 11 is 0. The van der Waals surface area contributed by atoms with Crippen LogP contribution in [-0.2, 0) is 6.42 Å². The van der Waals surface area contributed by atoms with Crippen molar-refractivity contribution in [2.75, 3.05) is 5.73 Å². The van der Waals surface area contributed by atoms with Gasteiger partial charge in [-0.3, -0.25) is 9.97 Å². The Morgan fingerprint density at radius 3 is 2.91 bits per heavy atom. The Labute approximate surface area is 130 Å². The zero-order chi connectivity index (χ0) is 15.1. The predicted octanol–water partition coefficient (Wildman–Crippen LogP) is 3.99. The lowest BCUT2D eigenvalue weighted by Crippen LogP contribution is -2.16. The summed E-state index contributed by atoms with van der Waals surface area (Å²) < 4.78 is 0. The molecule has 1 unspecified atom stereocenters. The van der Waals surface area contributed by atoms with Gasteiger partial charge in [-0.15, -0.1) is 0 Å². The minimum Gasteiger partial charge on any atom is -0.398 e. The van der Waals surface area contributed by atoms with E-state index in [1.807, 2.05) is 31.3 Å². The van der Waals surface area contributed by atoms with Crippen LogP contribution in [0.4, 0.5) is 5.69 Å². The predicted molar refractivity (Wildman–Crippen MR) is 89.9 cm³/mol. The molecule has 22 heavy (non-hydrogen) atoms. The Hall–Kier alpha value is -2.42. The second kappa shape index (κ2) is 5.09. The number of hydrogen-bond acceptors (Lipinski definition) is 3. The largest absolute Gasteiger partial charge is 0.398 e. The number of nitrogen functional groups attached to an aromatic ring is 1. The van der Waals surface area contributed by atoms with E-state index in [9.17, 15) is 0 Å². The molecule has 110 valence electrons. The van der Waals surface area contributed by atoms with Crippen LogP contribution in [0.3, 0.4) is 0 Å². The minimum atomic E-state index is 0.336. The van der Waals surface area contributed by atoms with Crippen molar-refractivity contribution < 1.29 is 0 Å². The number of aromatic nitrogens is 2. The van der Waals surface area contributed by atoms with Gasteiger partial charge in [0.1, 0.15) is 0 Å². The molecular weight excluding hydrogens is 270 g/mol. The van der Waals surface area contributed by atoms with Crippen LogP contribution in [0.15, 0.2) is 42.6 Å². The van der Waals surface area contributed by atoms with E-state index in [1.165, 1.54) is 16.8 Å². The highest BCUT2D eigenvalue weighted by atomic mass is 14.7. The van der Waals surface area contributed by atoms with Gasteiger partial charge in [0.2, 0.25) is 0 Å². The molecule has 1 atom stereocenters. The summed E-state index contributed by atoms with van der Waals surface area (Å²) in [6, 6.07) is 12.5. The molecule has 0 radical (unpaired) electrons. The highest BCUT2D eigenvalue weighted by molar-refractivity contribution is 5.92. The lowest BCUT2D eigenvalue weighted by atomic mass is 9.79. The fraction of sp³-hybridized carbons (Fsp3) is 0.263. The molecular formula is C19H19N3. The summed E-state index contributed by atoms with van der Waals surface area (Å²) in [5.74, 6) is 0.336. The maximum absolute atomic E-state index is 6.55. The van der Waals surface area contributed by atoms with E-state index in [0.29, 0.717) is 5.92 Å². The summed E-state index contributed by atoms with van der Waals surface area (Å²) in [4.78, 5) is 9.20. The minimum absolute atomic E-state index is 0.336. The molecule has 3 nitrogen and oxygen atoms in total. The topological polar surface area (TPSA) is 51.8 Å². The maximum atomic E-state index is 6.55. The van der Waals surface area contributed by atoms with Crippen molar-refractivity contribution in [3.05, 3.63) is 65.1 Å². The van der Waals surface area contributed by atoms with Crippen LogP contribution in [-0.4, -0.2) is 9.97 Å². The molecule has 3 heteroatoms. The third-order valence-electron chi connectivity index (χ3n) is 4.63.